The SMILES string of the molecule is O=C[C@H](O[C@H]1O[C@H](CO)[C@H](O)[C@H](O)[C@H]1O)[C@@H](O[C@H]1O[C@H](CO)[C@H](O)[C@H](O)[C@H]1O)[C@H](O)[C@H](O)CO. The Balaban J connectivity index is 2.28. The third kappa shape index (κ3) is 6.25. The molecule has 0 aromatic heterocycles. The van der Waals surface area contributed by atoms with E-state index in [-0.39, 0.29) is 6.29 Å². The second-order valence-electron chi connectivity index (χ2n) is 7.97. The standard InChI is InChI=1S/C18H32O16/c19-1-5(23)9(24)16(34-18-15(30)13(28)11(26)7(3-21)32-18)8(4-22)33-17-14(29)12(27)10(25)6(2-20)31-17/h4-21,23-30H,1-3H2/t5-,6-,7-,8+,9-,10+,11+,12+,13+,14-,15-,16-,17-,18-/m1/s1. The van der Waals surface area contributed by atoms with E-state index in [1.165, 1.54) is 0 Å². The molecule has 2 aliphatic heterocycles. The highest BCUT2D eigenvalue weighted by atomic mass is 16.7. The van der Waals surface area contributed by atoms with Gasteiger partial charge in [0.2, 0.25) is 0 Å². The molecule has 0 saturated carbocycles. The lowest BCUT2D eigenvalue weighted by atomic mass is 9.98. The van der Waals surface area contributed by atoms with Crippen LogP contribution in [-0.2, 0) is 23.7 Å². The average Bonchev–Trinajstić information content (AvgIpc) is 2.84. The highest BCUT2D eigenvalue weighted by Crippen LogP contribution is 2.28. The van der Waals surface area contributed by atoms with E-state index < -0.39 is 106 Å². The van der Waals surface area contributed by atoms with Gasteiger partial charge in [-0.15, -0.1) is 0 Å². The van der Waals surface area contributed by atoms with E-state index in [0.29, 0.717) is 0 Å². The largest absolute Gasteiger partial charge is 0.394 e. The summed E-state index contributed by atoms with van der Waals surface area (Å²) in [5.41, 5.74) is 0. The molecule has 2 heterocycles. The fourth-order valence-electron chi connectivity index (χ4n) is 3.54. The smallest absolute Gasteiger partial charge is 0.187 e. The zero-order chi connectivity index (χ0) is 25.7. The third-order valence-electron chi connectivity index (χ3n) is 5.66. The minimum atomic E-state index is -2.11. The fraction of sp³-hybridized carbons (Fsp3) is 0.944. The molecule has 0 aromatic carbocycles. The number of carbonyl (C=O) groups is 1. The van der Waals surface area contributed by atoms with Gasteiger partial charge in [0.15, 0.2) is 18.9 Å². The van der Waals surface area contributed by atoms with Crippen LogP contribution in [0, 0.1) is 0 Å². The average molecular weight is 504 g/mol. The minimum absolute atomic E-state index is 0.0173. The number of ether oxygens (including phenoxy) is 4. The van der Waals surface area contributed by atoms with E-state index in [0.717, 1.165) is 0 Å². The van der Waals surface area contributed by atoms with Crippen molar-refractivity contribution in [2.75, 3.05) is 19.8 Å². The molecular weight excluding hydrogens is 472 g/mol. The number of carbonyl (C=O) groups excluding carboxylic acids is 1. The predicted octanol–water partition coefficient (Wildman–Crippen LogP) is -7.73. The van der Waals surface area contributed by atoms with Crippen LogP contribution in [0.1, 0.15) is 0 Å². The monoisotopic (exact) mass is 504 g/mol. The van der Waals surface area contributed by atoms with Crippen LogP contribution in [0.3, 0.4) is 0 Å². The summed E-state index contributed by atoms with van der Waals surface area (Å²) in [4.78, 5) is 11.8. The summed E-state index contributed by atoms with van der Waals surface area (Å²) < 4.78 is 20.9. The molecule has 0 unspecified atom stereocenters. The summed E-state index contributed by atoms with van der Waals surface area (Å²) in [5.74, 6) is 0. The highest BCUT2D eigenvalue weighted by molar-refractivity contribution is 5.57. The summed E-state index contributed by atoms with van der Waals surface area (Å²) >= 11 is 0. The molecule has 14 atom stereocenters. The van der Waals surface area contributed by atoms with Crippen LogP contribution in [0.25, 0.3) is 0 Å². The molecule has 34 heavy (non-hydrogen) atoms. The molecule has 200 valence electrons. The van der Waals surface area contributed by atoms with Gasteiger partial charge in [-0.1, -0.05) is 0 Å². The van der Waals surface area contributed by atoms with Crippen molar-refractivity contribution in [3.8, 4) is 0 Å². The van der Waals surface area contributed by atoms with Gasteiger partial charge in [-0.25, -0.2) is 0 Å². The van der Waals surface area contributed by atoms with Crippen molar-refractivity contribution < 1.29 is 79.9 Å². The molecule has 2 fully saturated rings. The molecule has 0 aromatic rings. The third-order valence-corrected chi connectivity index (χ3v) is 5.66. The minimum Gasteiger partial charge on any atom is -0.394 e. The van der Waals surface area contributed by atoms with Gasteiger partial charge in [-0.05, 0) is 0 Å². The predicted molar refractivity (Wildman–Crippen MR) is 102 cm³/mol. The van der Waals surface area contributed by atoms with Gasteiger partial charge in [-0.3, -0.25) is 0 Å². The molecule has 16 heteroatoms. The van der Waals surface area contributed by atoms with Crippen molar-refractivity contribution in [3.05, 3.63) is 0 Å². The van der Waals surface area contributed by atoms with Crippen molar-refractivity contribution in [1.82, 2.24) is 0 Å². The van der Waals surface area contributed by atoms with Crippen LogP contribution < -0.4 is 0 Å². The topological polar surface area (TPSA) is 277 Å². The lowest BCUT2D eigenvalue weighted by Gasteiger charge is -2.44. The first-order chi connectivity index (χ1) is 16.0. The van der Waals surface area contributed by atoms with Gasteiger partial charge in [0.1, 0.15) is 73.2 Å². The lowest BCUT2D eigenvalue weighted by molar-refractivity contribution is -0.344. The fourth-order valence-corrected chi connectivity index (χ4v) is 3.54. The molecule has 0 radical (unpaired) electrons. The summed E-state index contributed by atoms with van der Waals surface area (Å²) in [5, 5.41) is 108. The zero-order valence-electron chi connectivity index (χ0n) is 17.7. The number of aliphatic hydroxyl groups excluding tert-OH is 11. The first-order valence-corrected chi connectivity index (χ1v) is 10.4. The van der Waals surface area contributed by atoms with Crippen LogP contribution in [0.4, 0.5) is 0 Å². The summed E-state index contributed by atoms with van der Waals surface area (Å²) in [6.45, 7) is -2.66. The van der Waals surface area contributed by atoms with E-state index in [9.17, 15) is 61.0 Å². The maximum atomic E-state index is 11.8. The van der Waals surface area contributed by atoms with Gasteiger partial charge in [0.05, 0.1) is 19.8 Å². The first-order valence-electron chi connectivity index (χ1n) is 10.4. The molecule has 16 nitrogen and oxygen atoms in total. The quantitative estimate of drug-likeness (QED) is 0.117. The van der Waals surface area contributed by atoms with Gasteiger partial charge >= 0.3 is 0 Å². The lowest BCUT2D eigenvalue weighted by Crippen LogP contribution is -2.63. The molecule has 0 aliphatic carbocycles. The molecule has 2 aliphatic rings. The normalized spacial score (nSPS) is 42.6. The van der Waals surface area contributed by atoms with Gasteiger partial charge in [-0.2, -0.15) is 0 Å². The second kappa shape index (κ2) is 12.9. The van der Waals surface area contributed by atoms with Crippen molar-refractivity contribution in [1.29, 1.82) is 0 Å². The number of hydrogen-bond acceptors (Lipinski definition) is 16. The van der Waals surface area contributed by atoms with E-state index >= 15 is 0 Å². The summed E-state index contributed by atoms with van der Waals surface area (Å²) in [6.07, 6.45) is -25.8. The molecule has 0 bridgehead atoms. The van der Waals surface area contributed by atoms with Crippen LogP contribution >= 0.6 is 0 Å². The maximum absolute atomic E-state index is 11.8. The number of rotatable bonds is 11. The Morgan fingerprint density at radius 2 is 1.15 bits per heavy atom. The molecule has 2 saturated heterocycles. The number of hydrogen-bond donors (Lipinski definition) is 11. The zero-order valence-corrected chi connectivity index (χ0v) is 17.7. The van der Waals surface area contributed by atoms with Crippen LogP contribution in [-0.4, -0.2) is 168 Å². The van der Waals surface area contributed by atoms with Gasteiger partial charge in [0.25, 0.3) is 0 Å². The number of aliphatic hydroxyl groups is 11. The van der Waals surface area contributed by atoms with E-state index in [4.69, 9.17) is 18.9 Å². The Morgan fingerprint density at radius 3 is 1.53 bits per heavy atom. The van der Waals surface area contributed by atoms with Crippen LogP contribution in [0.2, 0.25) is 0 Å². The second-order valence-corrected chi connectivity index (χ2v) is 7.97. The molecule has 0 amide bonds. The molecule has 0 spiro atoms. The molecule has 2 rings (SSSR count). The van der Waals surface area contributed by atoms with Gasteiger partial charge in [0, 0.05) is 0 Å². The molecular formula is C18H32O16. The highest BCUT2D eigenvalue weighted by Gasteiger charge is 2.49. The van der Waals surface area contributed by atoms with E-state index in [2.05, 4.69) is 0 Å². The summed E-state index contributed by atoms with van der Waals surface area (Å²) in [7, 11) is 0. The van der Waals surface area contributed by atoms with Crippen molar-refractivity contribution in [3.63, 3.8) is 0 Å². The van der Waals surface area contributed by atoms with Gasteiger partial charge < -0.3 is 79.9 Å². The van der Waals surface area contributed by atoms with E-state index in [1.807, 2.05) is 0 Å². The van der Waals surface area contributed by atoms with Crippen molar-refractivity contribution in [2.24, 2.45) is 0 Å². The van der Waals surface area contributed by atoms with Crippen molar-refractivity contribution in [2.45, 2.75) is 85.8 Å². The molecule has 11 N–H and O–H groups in total. The Bertz CT molecular complexity index is 621. The Kier molecular flexibility index (Phi) is 11.1. The Labute approximate surface area is 192 Å². The maximum Gasteiger partial charge on any atom is 0.187 e. The Morgan fingerprint density at radius 1 is 0.706 bits per heavy atom. The first kappa shape index (κ1) is 29.3. The Hall–Kier alpha value is -0.930. The van der Waals surface area contributed by atoms with E-state index in [1.54, 1.807) is 0 Å². The number of aldehydes is 1. The van der Waals surface area contributed by atoms with Crippen molar-refractivity contribution >= 4 is 6.29 Å². The van der Waals surface area contributed by atoms with Crippen LogP contribution in [0.15, 0.2) is 0 Å². The summed E-state index contributed by atoms with van der Waals surface area (Å²) in [6, 6.07) is 0. The van der Waals surface area contributed by atoms with Crippen LogP contribution in [0.5, 0.6) is 0 Å².